The Balaban J connectivity index is 1.11. The van der Waals surface area contributed by atoms with Crippen LogP contribution < -0.4 is 10.5 Å². The number of nitrogens with zero attached hydrogens (tertiary/aromatic N) is 2. The Morgan fingerprint density at radius 3 is 2.27 bits per heavy atom. The summed E-state index contributed by atoms with van der Waals surface area (Å²) >= 11 is 0. The van der Waals surface area contributed by atoms with Crippen molar-refractivity contribution in [2.75, 3.05) is 0 Å². The lowest BCUT2D eigenvalue weighted by molar-refractivity contribution is 0.369. The summed E-state index contributed by atoms with van der Waals surface area (Å²) in [7, 11) is 0. The predicted octanol–water partition coefficient (Wildman–Crippen LogP) is 10.3. The second-order valence-corrected chi connectivity index (χ2v) is 14.2. The van der Waals surface area contributed by atoms with Gasteiger partial charge in [-0.25, -0.2) is 4.98 Å². The molecule has 0 bridgehead atoms. The van der Waals surface area contributed by atoms with Crippen LogP contribution in [0.3, 0.4) is 0 Å². The van der Waals surface area contributed by atoms with Crippen LogP contribution in [0.4, 0.5) is 0 Å². The highest BCUT2D eigenvalue weighted by atomic mass is 16.5. The molecule has 10 rings (SSSR count). The molecular weight excluding hydrogens is 587 g/mol. The largest absolute Gasteiger partial charge is 0.457 e. The highest BCUT2D eigenvalue weighted by Gasteiger charge is 2.59. The molecule has 1 aliphatic heterocycles. The number of aromatic nitrogens is 2. The van der Waals surface area contributed by atoms with Crippen LogP contribution in [0.2, 0.25) is 0 Å². The van der Waals surface area contributed by atoms with Crippen molar-refractivity contribution in [2.24, 2.45) is 17.6 Å². The van der Waals surface area contributed by atoms with Gasteiger partial charge in [-0.05, 0) is 84.4 Å². The third kappa shape index (κ3) is 3.92. The van der Waals surface area contributed by atoms with E-state index in [1.807, 2.05) is 0 Å². The number of allylic oxidation sites excluding steroid dienone is 8. The van der Waals surface area contributed by atoms with Crippen LogP contribution in [0.15, 0.2) is 138 Å². The number of nitrogens with two attached hydrogens (primary N) is 1. The van der Waals surface area contributed by atoms with Crippen molar-refractivity contribution in [1.29, 1.82) is 0 Å². The molecule has 1 spiro atoms. The molecule has 236 valence electrons. The van der Waals surface area contributed by atoms with Crippen LogP contribution in [0.25, 0.3) is 22.3 Å². The quantitative estimate of drug-likeness (QED) is 0.217. The maximum atomic E-state index is 6.92. The first kappa shape index (κ1) is 28.0. The molecule has 2 N–H and O–H groups in total. The normalized spacial score (nSPS) is 22.4. The van der Waals surface area contributed by atoms with Gasteiger partial charge in [-0.3, -0.25) is 4.57 Å². The summed E-state index contributed by atoms with van der Waals surface area (Å²) in [6.07, 6.45) is 18.0. The highest BCUT2D eigenvalue weighted by Crippen LogP contribution is 2.67. The van der Waals surface area contributed by atoms with Crippen LogP contribution in [0.1, 0.15) is 73.4 Å². The van der Waals surface area contributed by atoms with E-state index >= 15 is 0 Å². The van der Waals surface area contributed by atoms with Crippen molar-refractivity contribution < 1.29 is 4.74 Å². The molecule has 4 aromatic carbocycles. The van der Waals surface area contributed by atoms with Gasteiger partial charge < -0.3 is 10.5 Å². The van der Waals surface area contributed by atoms with Gasteiger partial charge in [0, 0.05) is 40.3 Å². The van der Waals surface area contributed by atoms with Crippen LogP contribution in [-0.2, 0) is 5.41 Å². The molecule has 5 aromatic rings. The van der Waals surface area contributed by atoms with Crippen LogP contribution >= 0.6 is 0 Å². The Labute approximate surface area is 282 Å². The maximum absolute atomic E-state index is 6.92. The molecule has 2 saturated carbocycles. The third-order valence-corrected chi connectivity index (χ3v) is 11.7. The molecule has 0 radical (unpaired) electrons. The van der Waals surface area contributed by atoms with Crippen LogP contribution in [0, 0.1) is 11.8 Å². The second kappa shape index (κ2) is 10.7. The Kier molecular flexibility index (Phi) is 6.24. The number of imidazole rings is 1. The van der Waals surface area contributed by atoms with Gasteiger partial charge in [-0.2, -0.15) is 0 Å². The van der Waals surface area contributed by atoms with Gasteiger partial charge in [0.05, 0.1) is 16.4 Å². The van der Waals surface area contributed by atoms with Crippen molar-refractivity contribution in [3.8, 4) is 17.2 Å². The monoisotopic (exact) mass is 625 g/mol. The molecule has 1 aromatic heterocycles. The Hall–Kier alpha value is -5.09. The first-order valence-corrected chi connectivity index (χ1v) is 17.8. The summed E-state index contributed by atoms with van der Waals surface area (Å²) in [6, 6.07) is 35.1. The summed E-state index contributed by atoms with van der Waals surface area (Å²) in [5.41, 5.74) is 18.7. The lowest BCUT2D eigenvalue weighted by Gasteiger charge is -2.43. The van der Waals surface area contributed by atoms with Gasteiger partial charge in [0.1, 0.15) is 17.3 Å². The average molecular weight is 626 g/mol. The topological polar surface area (TPSA) is 53.1 Å². The summed E-state index contributed by atoms with van der Waals surface area (Å²) in [4.78, 5) is 5.20. The molecule has 2 atom stereocenters. The minimum atomic E-state index is -0.378. The summed E-state index contributed by atoms with van der Waals surface area (Å²) in [5.74, 6) is 3.98. The van der Waals surface area contributed by atoms with Gasteiger partial charge in [0.25, 0.3) is 0 Å². The van der Waals surface area contributed by atoms with Gasteiger partial charge in [-0.1, -0.05) is 104 Å². The average Bonchev–Trinajstić information content (AvgIpc) is 3.67. The third-order valence-electron chi connectivity index (χ3n) is 11.7. The summed E-state index contributed by atoms with van der Waals surface area (Å²) < 4.78 is 8.99. The minimum Gasteiger partial charge on any atom is -0.457 e. The Morgan fingerprint density at radius 2 is 1.50 bits per heavy atom. The van der Waals surface area contributed by atoms with Crippen molar-refractivity contribution >= 4 is 16.6 Å². The molecule has 4 aliphatic carbocycles. The minimum absolute atomic E-state index is 0.164. The van der Waals surface area contributed by atoms with E-state index in [1.165, 1.54) is 82.5 Å². The lowest BCUT2D eigenvalue weighted by atomic mass is 9.61. The van der Waals surface area contributed by atoms with Crippen molar-refractivity contribution in [1.82, 2.24) is 9.55 Å². The molecule has 5 aliphatic rings. The highest BCUT2D eigenvalue weighted by molar-refractivity contribution is 5.82. The van der Waals surface area contributed by atoms with E-state index in [9.17, 15) is 0 Å². The number of hydrogen-bond donors (Lipinski definition) is 1. The molecule has 4 heteroatoms. The first-order valence-electron chi connectivity index (χ1n) is 17.8. The van der Waals surface area contributed by atoms with Crippen molar-refractivity contribution in [3.63, 3.8) is 0 Å². The Bertz CT molecular complexity index is 2180. The van der Waals surface area contributed by atoms with E-state index < -0.39 is 0 Å². The summed E-state index contributed by atoms with van der Waals surface area (Å²) in [6.45, 7) is 0. The fourth-order valence-electron chi connectivity index (χ4n) is 9.71. The van der Waals surface area contributed by atoms with Crippen LogP contribution in [0.5, 0.6) is 11.5 Å². The fourth-order valence-corrected chi connectivity index (χ4v) is 9.71. The number of ether oxygens (including phenoxy) is 1. The van der Waals surface area contributed by atoms with Crippen molar-refractivity contribution in [2.45, 2.75) is 56.3 Å². The van der Waals surface area contributed by atoms with Gasteiger partial charge in [0.15, 0.2) is 0 Å². The number of benzene rings is 4. The van der Waals surface area contributed by atoms with E-state index in [-0.39, 0.29) is 17.3 Å². The zero-order valence-electron chi connectivity index (χ0n) is 27.1. The zero-order chi connectivity index (χ0) is 31.8. The van der Waals surface area contributed by atoms with Gasteiger partial charge in [0.2, 0.25) is 0 Å². The molecule has 2 unspecified atom stereocenters. The van der Waals surface area contributed by atoms with Crippen LogP contribution in [-0.4, -0.2) is 9.55 Å². The number of para-hydroxylation sites is 4. The number of rotatable bonds is 3. The molecule has 48 heavy (non-hydrogen) atoms. The fraction of sp³-hybridized carbons (Fsp3) is 0.250. The van der Waals surface area contributed by atoms with E-state index in [0.29, 0.717) is 5.92 Å². The molecular formula is C44H39N3O. The maximum Gasteiger partial charge on any atom is 0.131 e. The molecule has 0 amide bonds. The molecule has 2 heterocycles. The first-order chi connectivity index (χ1) is 23.7. The van der Waals surface area contributed by atoms with E-state index in [1.54, 1.807) is 0 Å². The van der Waals surface area contributed by atoms with E-state index in [2.05, 4.69) is 126 Å². The predicted molar refractivity (Wildman–Crippen MR) is 193 cm³/mol. The zero-order valence-corrected chi connectivity index (χ0v) is 27.1. The van der Waals surface area contributed by atoms with Crippen molar-refractivity contribution in [3.05, 3.63) is 161 Å². The summed E-state index contributed by atoms with van der Waals surface area (Å²) in [5, 5.41) is 0. The SMILES string of the molecule is NC1=C2C(=CCC1)C1(c3ccccc3Oc3ccccc31)C1C=C(c3ccc(-n4c(C5CCCCC5)nc5ccccc54)cc3)C=CC21. The number of fused-ring (bicyclic) bond motifs is 10. The van der Waals surface area contributed by atoms with E-state index in [4.69, 9.17) is 15.5 Å². The van der Waals surface area contributed by atoms with Gasteiger partial charge in [-0.15, -0.1) is 0 Å². The smallest absolute Gasteiger partial charge is 0.131 e. The standard InChI is InChI=1S/C44H39N3O/c45-37-16-10-15-35-42(37)32-26-23-30(27-36(32)44(35)33-13-4-8-19-40(33)48-41-20-9-5-14-34(41)44)28-21-24-31(25-22-28)47-39-18-7-6-17-38(39)46-43(47)29-11-2-1-3-12-29/h4-9,13-15,17-27,29,32,36H,1-3,10-12,16,45H2. The second-order valence-electron chi connectivity index (χ2n) is 14.2. The molecule has 2 fully saturated rings. The Morgan fingerprint density at radius 1 is 0.792 bits per heavy atom. The lowest BCUT2D eigenvalue weighted by Crippen LogP contribution is -2.38. The van der Waals surface area contributed by atoms with Gasteiger partial charge >= 0.3 is 0 Å². The molecule has 4 nitrogen and oxygen atoms in total. The van der Waals surface area contributed by atoms with E-state index in [0.717, 1.165) is 35.6 Å². The number of hydrogen-bond acceptors (Lipinski definition) is 3. The molecule has 0 saturated heterocycles.